The summed E-state index contributed by atoms with van der Waals surface area (Å²) in [6.07, 6.45) is 3.33. The number of nitrogens with zero attached hydrogens (tertiary/aromatic N) is 1. The van der Waals surface area contributed by atoms with E-state index in [4.69, 9.17) is 14.2 Å². The van der Waals surface area contributed by atoms with Gasteiger partial charge in [0.05, 0.1) is 25.7 Å². The zero-order chi connectivity index (χ0) is 20.6. The first-order chi connectivity index (χ1) is 14.8. The van der Waals surface area contributed by atoms with Crippen molar-refractivity contribution in [3.05, 3.63) is 71.8 Å². The van der Waals surface area contributed by atoms with Crippen molar-refractivity contribution in [2.45, 2.75) is 44.0 Å². The Labute approximate surface area is 178 Å². The summed E-state index contributed by atoms with van der Waals surface area (Å²) in [5.74, 6) is -0.114. The summed E-state index contributed by atoms with van der Waals surface area (Å²) in [6.45, 7) is 3.87. The molecule has 0 saturated carbocycles. The van der Waals surface area contributed by atoms with Crippen LogP contribution >= 0.6 is 0 Å². The number of esters is 1. The van der Waals surface area contributed by atoms with Crippen molar-refractivity contribution in [3.8, 4) is 0 Å². The second-order valence-electron chi connectivity index (χ2n) is 8.10. The summed E-state index contributed by atoms with van der Waals surface area (Å²) in [5.41, 5.74) is 2.37. The Kier molecular flexibility index (Phi) is 7.51. The first kappa shape index (κ1) is 21.0. The van der Waals surface area contributed by atoms with Crippen LogP contribution in [0.25, 0.3) is 0 Å². The Balaban J connectivity index is 1.26. The van der Waals surface area contributed by atoms with Gasteiger partial charge in [0.1, 0.15) is 12.2 Å². The van der Waals surface area contributed by atoms with Crippen molar-refractivity contribution in [1.29, 1.82) is 0 Å². The second kappa shape index (κ2) is 10.7. The summed E-state index contributed by atoms with van der Waals surface area (Å²) in [4.78, 5) is 14.4. The number of piperidine rings is 1. The SMILES string of the molecule is O=C(CCN1CCC(OC(c2ccccc2)c2ccccc2)CC1)O[C@H]1CCOC1. The fraction of sp³-hybridized carbons (Fsp3) is 0.480. The zero-order valence-corrected chi connectivity index (χ0v) is 17.4. The molecule has 0 amide bonds. The minimum Gasteiger partial charge on any atom is -0.460 e. The van der Waals surface area contributed by atoms with Crippen molar-refractivity contribution in [3.63, 3.8) is 0 Å². The summed E-state index contributed by atoms with van der Waals surface area (Å²) >= 11 is 0. The average Bonchev–Trinajstić information content (AvgIpc) is 3.31. The van der Waals surface area contributed by atoms with Crippen LogP contribution in [0.1, 0.15) is 42.9 Å². The summed E-state index contributed by atoms with van der Waals surface area (Å²) < 4.78 is 17.3. The molecule has 4 rings (SSSR count). The highest BCUT2D eigenvalue weighted by Gasteiger charge is 2.25. The van der Waals surface area contributed by atoms with Gasteiger partial charge in [-0.05, 0) is 24.0 Å². The molecule has 2 aliphatic rings. The number of carbonyl (C=O) groups is 1. The third-order valence-corrected chi connectivity index (χ3v) is 5.89. The lowest BCUT2D eigenvalue weighted by atomic mass is 10.00. The van der Waals surface area contributed by atoms with Gasteiger partial charge in [-0.1, -0.05) is 60.7 Å². The molecule has 2 saturated heterocycles. The minimum absolute atomic E-state index is 0.0486. The number of rotatable bonds is 8. The van der Waals surface area contributed by atoms with Crippen molar-refractivity contribution < 1.29 is 19.0 Å². The lowest BCUT2D eigenvalue weighted by molar-refractivity contribution is -0.149. The predicted molar refractivity (Wildman–Crippen MR) is 115 cm³/mol. The van der Waals surface area contributed by atoms with Gasteiger partial charge in [-0.25, -0.2) is 0 Å². The largest absolute Gasteiger partial charge is 0.460 e. The summed E-state index contributed by atoms with van der Waals surface area (Å²) in [7, 11) is 0. The Morgan fingerprint density at radius 3 is 2.13 bits per heavy atom. The monoisotopic (exact) mass is 409 g/mol. The van der Waals surface area contributed by atoms with E-state index in [9.17, 15) is 4.79 Å². The van der Waals surface area contributed by atoms with Crippen molar-refractivity contribution in [2.24, 2.45) is 0 Å². The molecule has 0 aromatic heterocycles. The van der Waals surface area contributed by atoms with Crippen molar-refractivity contribution in [2.75, 3.05) is 32.8 Å². The smallest absolute Gasteiger partial charge is 0.307 e. The highest BCUT2D eigenvalue weighted by atomic mass is 16.6. The lowest BCUT2D eigenvalue weighted by Crippen LogP contribution is -2.39. The predicted octanol–water partition coefficient (Wildman–Crippen LogP) is 3.98. The molecular weight excluding hydrogens is 378 g/mol. The van der Waals surface area contributed by atoms with Gasteiger partial charge in [0.15, 0.2) is 0 Å². The molecule has 5 nitrogen and oxygen atoms in total. The first-order valence-corrected chi connectivity index (χ1v) is 11.0. The van der Waals surface area contributed by atoms with E-state index in [1.54, 1.807) is 0 Å². The molecule has 0 aliphatic carbocycles. The van der Waals surface area contributed by atoms with Crippen LogP contribution in [0.2, 0.25) is 0 Å². The van der Waals surface area contributed by atoms with Gasteiger partial charge >= 0.3 is 5.97 Å². The number of ether oxygens (including phenoxy) is 3. The molecule has 30 heavy (non-hydrogen) atoms. The summed E-state index contributed by atoms with van der Waals surface area (Å²) in [5, 5.41) is 0. The zero-order valence-electron chi connectivity index (χ0n) is 17.4. The standard InChI is InChI=1S/C25H31NO4/c27-24(29-23-14-18-28-19-23)13-17-26-15-11-22(12-16-26)30-25(20-7-3-1-4-8-20)21-9-5-2-6-10-21/h1-10,22-23,25H,11-19H2/t23-/m0/s1. The number of likely N-dealkylation sites (tertiary alicyclic amines) is 1. The first-order valence-electron chi connectivity index (χ1n) is 11.0. The number of benzene rings is 2. The van der Waals surface area contributed by atoms with E-state index in [0.29, 0.717) is 19.6 Å². The molecule has 0 spiro atoms. The molecule has 2 aromatic rings. The highest BCUT2D eigenvalue weighted by molar-refractivity contribution is 5.69. The quantitative estimate of drug-likeness (QED) is 0.617. The lowest BCUT2D eigenvalue weighted by Gasteiger charge is -2.34. The summed E-state index contributed by atoms with van der Waals surface area (Å²) in [6, 6.07) is 20.9. The van der Waals surface area contributed by atoms with E-state index < -0.39 is 0 Å². The van der Waals surface area contributed by atoms with Crippen molar-refractivity contribution >= 4 is 5.97 Å². The molecule has 0 N–H and O–H groups in total. The van der Waals surface area contributed by atoms with E-state index >= 15 is 0 Å². The molecule has 5 heteroatoms. The second-order valence-corrected chi connectivity index (χ2v) is 8.10. The Morgan fingerprint density at radius 1 is 0.933 bits per heavy atom. The molecule has 2 heterocycles. The van der Waals surface area contributed by atoms with Crippen LogP contribution in [-0.2, 0) is 19.0 Å². The normalized spacial score (nSPS) is 20.5. The number of hydrogen-bond acceptors (Lipinski definition) is 5. The van der Waals surface area contributed by atoms with Crippen molar-refractivity contribution in [1.82, 2.24) is 4.90 Å². The minimum atomic E-state index is -0.114. The van der Waals surface area contributed by atoms with Gasteiger partial charge in [0.25, 0.3) is 0 Å². The van der Waals surface area contributed by atoms with Gasteiger partial charge in [-0.15, -0.1) is 0 Å². The van der Waals surface area contributed by atoms with Crippen LogP contribution in [0.5, 0.6) is 0 Å². The highest BCUT2D eigenvalue weighted by Crippen LogP contribution is 2.30. The van der Waals surface area contributed by atoms with E-state index in [1.807, 2.05) is 12.1 Å². The Hall–Kier alpha value is -2.21. The van der Waals surface area contributed by atoms with Crippen LogP contribution in [0, 0.1) is 0 Å². The molecule has 0 bridgehead atoms. The van der Waals surface area contributed by atoms with E-state index in [1.165, 1.54) is 11.1 Å². The third kappa shape index (κ3) is 5.91. The van der Waals surface area contributed by atoms with Crippen LogP contribution < -0.4 is 0 Å². The van der Waals surface area contributed by atoms with Crippen LogP contribution in [0.3, 0.4) is 0 Å². The molecule has 0 radical (unpaired) electrons. The molecular formula is C25H31NO4. The maximum Gasteiger partial charge on any atom is 0.307 e. The molecule has 2 aromatic carbocycles. The molecule has 2 aliphatic heterocycles. The molecule has 0 unspecified atom stereocenters. The van der Waals surface area contributed by atoms with E-state index in [2.05, 4.69) is 53.4 Å². The molecule has 1 atom stereocenters. The van der Waals surface area contributed by atoms with Gasteiger partial charge in [-0.2, -0.15) is 0 Å². The third-order valence-electron chi connectivity index (χ3n) is 5.89. The van der Waals surface area contributed by atoms with E-state index in [-0.39, 0.29) is 24.3 Å². The fourth-order valence-electron chi connectivity index (χ4n) is 4.17. The number of carbonyl (C=O) groups excluding carboxylic acids is 1. The van der Waals surface area contributed by atoms with Crippen LogP contribution in [-0.4, -0.2) is 55.9 Å². The van der Waals surface area contributed by atoms with Gasteiger partial charge in [-0.3, -0.25) is 4.79 Å². The van der Waals surface area contributed by atoms with Crippen LogP contribution in [0.4, 0.5) is 0 Å². The van der Waals surface area contributed by atoms with Gasteiger partial charge < -0.3 is 19.1 Å². The molecule has 160 valence electrons. The fourth-order valence-corrected chi connectivity index (χ4v) is 4.17. The van der Waals surface area contributed by atoms with E-state index in [0.717, 1.165) is 38.9 Å². The number of hydrogen-bond donors (Lipinski definition) is 0. The maximum atomic E-state index is 12.0. The Morgan fingerprint density at radius 2 is 1.57 bits per heavy atom. The maximum absolute atomic E-state index is 12.0. The van der Waals surface area contributed by atoms with Gasteiger partial charge in [0.2, 0.25) is 0 Å². The average molecular weight is 410 g/mol. The van der Waals surface area contributed by atoms with Gasteiger partial charge in [0, 0.05) is 26.1 Å². The Bertz CT molecular complexity index is 729. The van der Waals surface area contributed by atoms with Crippen LogP contribution in [0.15, 0.2) is 60.7 Å². The molecule has 2 fully saturated rings. The topological polar surface area (TPSA) is 48.0 Å².